The number of aryl methyl sites for hydroxylation is 2. The number of nitrogens with two attached hydrogens (primary N) is 2. The van der Waals surface area contributed by atoms with Crippen LogP contribution in [0, 0.1) is 10.8 Å². The first-order valence-corrected chi connectivity index (χ1v) is 13.8. The number of fused-ring (bicyclic) bond motifs is 1. The van der Waals surface area contributed by atoms with E-state index in [9.17, 15) is 18.0 Å². The number of hydrogen-bond donors (Lipinski definition) is 2. The number of benzene rings is 1. The second-order valence-electron chi connectivity index (χ2n) is 12.3. The molecule has 2 unspecified atom stereocenters. The molecule has 1 aromatic carbocycles. The molecular weight excluding hydrogens is 535 g/mol. The van der Waals surface area contributed by atoms with Gasteiger partial charge in [0.05, 0.1) is 11.1 Å². The van der Waals surface area contributed by atoms with Crippen molar-refractivity contribution in [1.29, 1.82) is 0 Å². The first-order valence-electron chi connectivity index (χ1n) is 13.8. The third kappa shape index (κ3) is 7.60. The van der Waals surface area contributed by atoms with Crippen LogP contribution in [-0.4, -0.2) is 41.9 Å². The molecule has 2 atom stereocenters. The highest BCUT2D eigenvalue weighted by Gasteiger charge is 2.53. The normalized spacial score (nSPS) is 15.0. The Kier molecular flexibility index (Phi) is 9.50. The average Bonchev–Trinajstić information content (AvgIpc) is 3.31. The third-order valence-electron chi connectivity index (χ3n) is 7.45. The number of hydrogen-bond acceptors (Lipinski definition) is 7. The molecular formula is C31H42F3N3O4. The average molecular weight is 578 g/mol. The summed E-state index contributed by atoms with van der Waals surface area (Å²) in [5, 5.41) is 0.778. The minimum Gasteiger partial charge on any atom is -0.492 e. The molecule has 7 nitrogen and oxygen atoms in total. The van der Waals surface area contributed by atoms with E-state index >= 15 is 0 Å². The van der Waals surface area contributed by atoms with Crippen LogP contribution in [-0.2, 0) is 22.4 Å². The van der Waals surface area contributed by atoms with Gasteiger partial charge < -0.3 is 25.4 Å². The van der Waals surface area contributed by atoms with Gasteiger partial charge in [0.15, 0.2) is 0 Å². The second kappa shape index (κ2) is 12.0. The van der Waals surface area contributed by atoms with Crippen molar-refractivity contribution in [2.24, 2.45) is 22.3 Å². The van der Waals surface area contributed by atoms with Crippen molar-refractivity contribution in [3.05, 3.63) is 47.8 Å². The molecule has 0 amide bonds. The molecule has 3 aromatic rings. The fraction of sp³-hybridized carbons (Fsp3) is 0.548. The van der Waals surface area contributed by atoms with Gasteiger partial charge in [0.25, 0.3) is 0 Å². The van der Waals surface area contributed by atoms with E-state index in [4.69, 9.17) is 25.4 Å². The molecule has 0 radical (unpaired) electrons. The number of rotatable bonds is 12. The molecule has 0 aliphatic heterocycles. The molecule has 226 valence electrons. The number of pyridine rings is 1. The van der Waals surface area contributed by atoms with E-state index in [0.29, 0.717) is 11.3 Å². The number of halogens is 3. The zero-order valence-corrected chi connectivity index (χ0v) is 24.9. The Balaban J connectivity index is 1.76. The summed E-state index contributed by atoms with van der Waals surface area (Å²) in [6.45, 7) is 9.92. The molecule has 2 heterocycles. The van der Waals surface area contributed by atoms with Crippen LogP contribution in [0.25, 0.3) is 22.3 Å². The molecule has 10 heteroatoms. The summed E-state index contributed by atoms with van der Waals surface area (Å²) in [7, 11) is 0. The standard InChI is InChI=1S/C31H42F3N3O4/c1-8-20-11-13-22(23(9-2)37-20)25-14-19-10-12-21(15-24(19)41-25)39-17-30(7,31(32,33)34)18-40-27(38)29(5,6)26(35)16-28(3,4)36/h10-15,26H,8-9,16-18,35-36H2,1-7H3. The predicted molar refractivity (Wildman–Crippen MR) is 153 cm³/mol. The fourth-order valence-corrected chi connectivity index (χ4v) is 4.30. The summed E-state index contributed by atoms with van der Waals surface area (Å²) >= 11 is 0. The van der Waals surface area contributed by atoms with Crippen molar-refractivity contribution in [2.45, 2.75) is 85.5 Å². The lowest BCUT2D eigenvalue weighted by Crippen LogP contribution is -2.51. The van der Waals surface area contributed by atoms with Gasteiger partial charge in [-0.25, -0.2) is 0 Å². The number of aromatic nitrogens is 1. The fourth-order valence-electron chi connectivity index (χ4n) is 4.30. The third-order valence-corrected chi connectivity index (χ3v) is 7.45. The van der Waals surface area contributed by atoms with Crippen molar-refractivity contribution in [3.8, 4) is 17.1 Å². The van der Waals surface area contributed by atoms with Gasteiger partial charge in [-0.15, -0.1) is 0 Å². The second-order valence-corrected chi connectivity index (χ2v) is 12.3. The summed E-state index contributed by atoms with van der Waals surface area (Å²) in [5.74, 6) is -0.0138. The Morgan fingerprint density at radius 3 is 2.27 bits per heavy atom. The predicted octanol–water partition coefficient (Wildman–Crippen LogP) is 6.59. The van der Waals surface area contributed by atoms with Crippen LogP contribution < -0.4 is 16.2 Å². The largest absolute Gasteiger partial charge is 0.492 e. The highest BCUT2D eigenvalue weighted by molar-refractivity contribution is 5.84. The lowest BCUT2D eigenvalue weighted by molar-refractivity contribution is -0.242. The SMILES string of the molecule is CCc1ccc(-c2cc3ccc(OCC(C)(COC(=O)C(C)(C)C(N)CC(C)(C)N)C(F)(F)F)cc3o2)c(CC)n1. The Hall–Kier alpha value is -3.11. The molecule has 0 aliphatic rings. The topological polar surface area (TPSA) is 114 Å². The van der Waals surface area contributed by atoms with Crippen molar-refractivity contribution in [1.82, 2.24) is 4.98 Å². The van der Waals surface area contributed by atoms with E-state index in [0.717, 1.165) is 42.1 Å². The molecule has 2 aromatic heterocycles. The Morgan fingerprint density at radius 1 is 1.00 bits per heavy atom. The van der Waals surface area contributed by atoms with Crippen LogP contribution in [0.3, 0.4) is 0 Å². The van der Waals surface area contributed by atoms with Gasteiger partial charge in [-0.05, 0) is 84.2 Å². The molecule has 0 saturated heterocycles. The first kappa shape index (κ1) is 32.4. The van der Waals surface area contributed by atoms with Gasteiger partial charge in [-0.1, -0.05) is 13.8 Å². The van der Waals surface area contributed by atoms with Gasteiger partial charge in [0, 0.05) is 34.3 Å². The number of carbonyl (C=O) groups is 1. The van der Waals surface area contributed by atoms with Crippen molar-refractivity contribution >= 4 is 16.9 Å². The highest BCUT2D eigenvalue weighted by Crippen LogP contribution is 2.40. The number of esters is 1. The number of furan rings is 1. The smallest absolute Gasteiger partial charge is 0.400 e. The van der Waals surface area contributed by atoms with E-state index in [1.54, 1.807) is 32.0 Å². The summed E-state index contributed by atoms with van der Waals surface area (Å²) < 4.78 is 59.4. The summed E-state index contributed by atoms with van der Waals surface area (Å²) in [5.41, 5.74) is 11.0. The number of carbonyl (C=O) groups excluding carboxylic acids is 1. The Labute approximate surface area is 239 Å². The zero-order valence-electron chi connectivity index (χ0n) is 24.9. The van der Waals surface area contributed by atoms with Crippen LogP contribution in [0.5, 0.6) is 5.75 Å². The molecule has 41 heavy (non-hydrogen) atoms. The van der Waals surface area contributed by atoms with Crippen LogP contribution >= 0.6 is 0 Å². The van der Waals surface area contributed by atoms with E-state index < -0.39 is 47.8 Å². The monoisotopic (exact) mass is 577 g/mol. The number of alkyl halides is 3. The van der Waals surface area contributed by atoms with E-state index in [1.165, 1.54) is 13.8 Å². The molecule has 0 fully saturated rings. The summed E-state index contributed by atoms with van der Waals surface area (Å²) in [6.07, 6.45) is -2.88. The van der Waals surface area contributed by atoms with Crippen molar-refractivity contribution in [2.75, 3.05) is 13.2 Å². The maximum atomic E-state index is 14.2. The van der Waals surface area contributed by atoms with Gasteiger partial charge in [0.1, 0.15) is 35.7 Å². The lowest BCUT2D eigenvalue weighted by atomic mass is 9.79. The lowest BCUT2D eigenvalue weighted by Gasteiger charge is -2.36. The minimum absolute atomic E-state index is 0.197. The van der Waals surface area contributed by atoms with Gasteiger partial charge in [0.2, 0.25) is 0 Å². The van der Waals surface area contributed by atoms with Crippen molar-refractivity contribution < 1.29 is 31.9 Å². The summed E-state index contributed by atoms with van der Waals surface area (Å²) in [6, 6.07) is 9.96. The van der Waals surface area contributed by atoms with Crippen LogP contribution in [0.15, 0.2) is 40.8 Å². The maximum Gasteiger partial charge on any atom is 0.400 e. The quantitative estimate of drug-likeness (QED) is 0.233. The van der Waals surface area contributed by atoms with E-state index in [2.05, 4.69) is 4.98 Å². The van der Waals surface area contributed by atoms with E-state index in [1.807, 2.05) is 32.0 Å². The molecule has 4 N–H and O–H groups in total. The number of nitrogens with zero attached hydrogens (tertiary/aromatic N) is 1. The van der Waals surface area contributed by atoms with Gasteiger partial charge in [-0.3, -0.25) is 9.78 Å². The number of ether oxygens (including phenoxy) is 2. The molecule has 0 aliphatic carbocycles. The van der Waals surface area contributed by atoms with Crippen LogP contribution in [0.2, 0.25) is 0 Å². The molecule has 3 rings (SSSR count). The minimum atomic E-state index is -4.71. The zero-order chi connectivity index (χ0) is 30.8. The van der Waals surface area contributed by atoms with Crippen LogP contribution in [0.1, 0.15) is 66.3 Å². The molecule has 0 bridgehead atoms. The first-order chi connectivity index (χ1) is 18.9. The molecule has 0 spiro atoms. The van der Waals surface area contributed by atoms with Gasteiger partial charge >= 0.3 is 12.1 Å². The van der Waals surface area contributed by atoms with E-state index in [-0.39, 0.29) is 12.2 Å². The highest BCUT2D eigenvalue weighted by atomic mass is 19.4. The van der Waals surface area contributed by atoms with Crippen LogP contribution in [0.4, 0.5) is 13.2 Å². The Bertz CT molecular complexity index is 1360. The molecule has 0 saturated carbocycles. The van der Waals surface area contributed by atoms with Crippen molar-refractivity contribution in [3.63, 3.8) is 0 Å². The summed E-state index contributed by atoms with van der Waals surface area (Å²) in [4.78, 5) is 17.5. The van der Waals surface area contributed by atoms with Gasteiger partial charge in [-0.2, -0.15) is 13.2 Å². The Morgan fingerprint density at radius 2 is 1.68 bits per heavy atom. The maximum absolute atomic E-state index is 14.2.